The highest BCUT2D eigenvalue weighted by molar-refractivity contribution is 7.15. The highest BCUT2D eigenvalue weighted by atomic mass is 32.1. The Kier molecular flexibility index (Phi) is 13.8. The molecule has 2 amide bonds. The number of amides is 2. The van der Waals surface area contributed by atoms with Crippen LogP contribution in [0.15, 0.2) is 59.3 Å². The maximum atomic E-state index is 13.4. The number of ether oxygens (including phenoxy) is 2. The van der Waals surface area contributed by atoms with Crippen LogP contribution in [0.3, 0.4) is 0 Å². The normalized spacial score (nSPS) is 10.8. The second-order valence-corrected chi connectivity index (χ2v) is 12.6. The molecule has 0 fully saturated rings. The number of thiophene rings is 2. The number of benzene rings is 2. The summed E-state index contributed by atoms with van der Waals surface area (Å²) in [5.41, 5.74) is 2.97. The molecule has 4 aromatic rings. The lowest BCUT2D eigenvalue weighted by Gasteiger charge is -2.09. The number of esters is 2. The van der Waals surface area contributed by atoms with E-state index in [0.717, 1.165) is 25.7 Å². The summed E-state index contributed by atoms with van der Waals surface area (Å²) in [5, 5.41) is 9.99. The Balaban J connectivity index is 1.19. The fourth-order valence-corrected chi connectivity index (χ4v) is 7.00. The van der Waals surface area contributed by atoms with Crippen LogP contribution in [0.5, 0.6) is 0 Å². The molecule has 0 aliphatic rings. The van der Waals surface area contributed by atoms with Gasteiger partial charge in [-0.1, -0.05) is 49.9 Å². The van der Waals surface area contributed by atoms with Crippen molar-refractivity contribution in [2.24, 2.45) is 0 Å². The van der Waals surface area contributed by atoms with Crippen LogP contribution in [0.25, 0.3) is 22.3 Å². The Hall–Kier alpha value is -4.42. The SMILES string of the molecule is CCOC(=O)c1c(-c2ccc(F)cc2)csc1NC(=O)CCCCCCCCC(=O)Nc1scc(-c2ccc(F)cc2)c1C(=O)OCC. The van der Waals surface area contributed by atoms with Gasteiger partial charge in [0.1, 0.15) is 32.8 Å². The molecule has 0 radical (unpaired) electrons. The van der Waals surface area contributed by atoms with E-state index in [0.29, 0.717) is 45.1 Å². The monoisotopic (exact) mass is 696 g/mol. The third-order valence-electron chi connectivity index (χ3n) is 7.42. The number of anilines is 2. The molecule has 0 aliphatic heterocycles. The van der Waals surface area contributed by atoms with Gasteiger partial charge in [0.25, 0.3) is 0 Å². The van der Waals surface area contributed by atoms with Crippen LogP contribution in [0.4, 0.5) is 18.8 Å². The molecule has 2 N–H and O–H groups in total. The van der Waals surface area contributed by atoms with E-state index >= 15 is 0 Å². The van der Waals surface area contributed by atoms with Crippen molar-refractivity contribution in [2.75, 3.05) is 23.8 Å². The number of hydrogen-bond donors (Lipinski definition) is 2. The fourth-order valence-electron chi connectivity index (χ4n) is 5.05. The Morgan fingerprint density at radius 1 is 0.583 bits per heavy atom. The van der Waals surface area contributed by atoms with Crippen LogP contribution in [0.2, 0.25) is 0 Å². The van der Waals surface area contributed by atoms with Gasteiger partial charge in [-0.15, -0.1) is 22.7 Å². The topological polar surface area (TPSA) is 111 Å². The van der Waals surface area contributed by atoms with Crippen molar-refractivity contribution in [1.29, 1.82) is 0 Å². The molecule has 0 saturated heterocycles. The Bertz CT molecular complexity index is 1570. The zero-order chi connectivity index (χ0) is 34.5. The van der Waals surface area contributed by atoms with Gasteiger partial charge in [0.15, 0.2) is 0 Å². The zero-order valence-electron chi connectivity index (χ0n) is 26.9. The third-order valence-corrected chi connectivity index (χ3v) is 9.21. The van der Waals surface area contributed by atoms with Gasteiger partial charge in [0, 0.05) is 34.7 Å². The number of rotatable bonds is 17. The molecule has 4 rings (SSSR count). The molecule has 0 saturated carbocycles. The van der Waals surface area contributed by atoms with Crippen LogP contribution in [0.1, 0.15) is 85.9 Å². The summed E-state index contributed by atoms with van der Waals surface area (Å²) in [6, 6.07) is 11.6. The van der Waals surface area contributed by atoms with Gasteiger partial charge in [0.2, 0.25) is 11.8 Å². The van der Waals surface area contributed by atoms with Crippen molar-refractivity contribution in [1.82, 2.24) is 0 Å². The molecule has 2 aromatic carbocycles. The lowest BCUT2D eigenvalue weighted by molar-refractivity contribution is -0.117. The van der Waals surface area contributed by atoms with E-state index in [1.165, 1.54) is 46.9 Å². The summed E-state index contributed by atoms with van der Waals surface area (Å²) in [5.74, 6) is -2.28. The Labute approximate surface area is 286 Å². The van der Waals surface area contributed by atoms with Gasteiger partial charge >= 0.3 is 11.9 Å². The minimum Gasteiger partial charge on any atom is -0.462 e. The number of halogens is 2. The van der Waals surface area contributed by atoms with Gasteiger partial charge in [-0.3, -0.25) is 9.59 Å². The average molecular weight is 697 g/mol. The van der Waals surface area contributed by atoms with E-state index in [1.54, 1.807) is 48.9 Å². The molecule has 2 heterocycles. The lowest BCUT2D eigenvalue weighted by Crippen LogP contribution is -2.14. The highest BCUT2D eigenvalue weighted by Gasteiger charge is 2.24. The molecule has 2 aromatic heterocycles. The molecule has 12 heteroatoms. The van der Waals surface area contributed by atoms with Crippen LogP contribution in [-0.2, 0) is 19.1 Å². The van der Waals surface area contributed by atoms with Crippen molar-refractivity contribution in [3.05, 3.63) is 82.1 Å². The van der Waals surface area contributed by atoms with Gasteiger partial charge in [-0.2, -0.15) is 0 Å². The van der Waals surface area contributed by atoms with E-state index in [9.17, 15) is 28.0 Å². The molecule has 0 unspecified atom stereocenters. The minimum absolute atomic E-state index is 0.181. The largest absolute Gasteiger partial charge is 0.462 e. The molecule has 0 spiro atoms. The third kappa shape index (κ3) is 10.0. The molecular weight excluding hydrogens is 659 g/mol. The van der Waals surface area contributed by atoms with Crippen LogP contribution in [-0.4, -0.2) is 37.0 Å². The van der Waals surface area contributed by atoms with E-state index in [2.05, 4.69) is 10.6 Å². The first-order chi connectivity index (χ1) is 23.2. The predicted molar refractivity (Wildman–Crippen MR) is 186 cm³/mol. The number of carbonyl (C=O) groups is 4. The minimum atomic E-state index is -0.549. The summed E-state index contributed by atoms with van der Waals surface area (Å²) in [7, 11) is 0. The maximum Gasteiger partial charge on any atom is 0.341 e. The molecule has 0 bridgehead atoms. The summed E-state index contributed by atoms with van der Waals surface area (Å²) in [6.07, 6.45) is 5.38. The first-order valence-electron chi connectivity index (χ1n) is 15.9. The van der Waals surface area contributed by atoms with Crippen LogP contribution >= 0.6 is 22.7 Å². The molecule has 0 aliphatic carbocycles. The Morgan fingerprint density at radius 2 is 0.938 bits per heavy atom. The predicted octanol–water partition coefficient (Wildman–Crippen LogP) is 9.47. The van der Waals surface area contributed by atoms with Crippen LogP contribution in [0, 0.1) is 11.6 Å². The molecule has 48 heavy (non-hydrogen) atoms. The lowest BCUT2D eigenvalue weighted by atomic mass is 10.0. The molecule has 0 atom stereocenters. The highest BCUT2D eigenvalue weighted by Crippen LogP contribution is 2.38. The first-order valence-corrected chi connectivity index (χ1v) is 17.7. The molecule has 8 nitrogen and oxygen atoms in total. The van der Waals surface area contributed by atoms with Crippen molar-refractivity contribution in [2.45, 2.75) is 65.2 Å². The van der Waals surface area contributed by atoms with Gasteiger partial charge < -0.3 is 20.1 Å². The van der Waals surface area contributed by atoms with Gasteiger partial charge in [0.05, 0.1) is 13.2 Å². The zero-order valence-corrected chi connectivity index (χ0v) is 28.5. The van der Waals surface area contributed by atoms with E-state index < -0.39 is 11.9 Å². The summed E-state index contributed by atoms with van der Waals surface area (Å²) >= 11 is 2.45. The number of hydrogen-bond acceptors (Lipinski definition) is 8. The summed E-state index contributed by atoms with van der Waals surface area (Å²) in [6.45, 7) is 3.77. The van der Waals surface area contributed by atoms with Crippen LogP contribution < -0.4 is 10.6 Å². The standard InChI is InChI=1S/C36H38F2N2O6S2/c1-3-45-35(43)31-27(23-13-17-25(37)18-14-23)21-47-33(31)39-29(41)11-9-7-5-6-8-10-12-30(42)40-34-32(36(44)46-4-2)28(22-48-34)24-15-19-26(38)20-16-24/h13-22H,3-12H2,1-2H3,(H,39,41)(H,40,42). The Morgan fingerprint density at radius 3 is 1.29 bits per heavy atom. The first kappa shape index (κ1) is 36.4. The number of nitrogens with one attached hydrogen (secondary N) is 2. The average Bonchev–Trinajstić information content (AvgIpc) is 3.67. The van der Waals surface area contributed by atoms with Gasteiger partial charge in [-0.25, -0.2) is 18.4 Å². The molecular formula is C36H38F2N2O6S2. The van der Waals surface area contributed by atoms with Crippen molar-refractivity contribution in [3.63, 3.8) is 0 Å². The second kappa shape index (κ2) is 18.2. The summed E-state index contributed by atoms with van der Waals surface area (Å²) < 4.78 is 37.3. The van der Waals surface area contributed by atoms with E-state index in [-0.39, 0.29) is 60.6 Å². The fraction of sp³-hybridized carbons (Fsp3) is 0.333. The van der Waals surface area contributed by atoms with E-state index in [4.69, 9.17) is 9.47 Å². The van der Waals surface area contributed by atoms with Gasteiger partial charge in [-0.05, 0) is 62.1 Å². The van der Waals surface area contributed by atoms with E-state index in [1.807, 2.05) is 0 Å². The number of unbranched alkanes of at least 4 members (excludes halogenated alkanes) is 5. The van der Waals surface area contributed by atoms with Crippen molar-refractivity contribution in [3.8, 4) is 22.3 Å². The maximum absolute atomic E-state index is 13.4. The van der Waals surface area contributed by atoms with Crippen molar-refractivity contribution < 1.29 is 37.4 Å². The second-order valence-electron chi connectivity index (χ2n) is 10.9. The smallest absolute Gasteiger partial charge is 0.341 e. The van der Waals surface area contributed by atoms with Crippen molar-refractivity contribution >= 4 is 56.4 Å². The number of carbonyl (C=O) groups excluding carboxylic acids is 4. The quantitative estimate of drug-likeness (QED) is 0.0841. The summed E-state index contributed by atoms with van der Waals surface area (Å²) in [4.78, 5) is 50.8. The molecule has 254 valence electrons.